The Morgan fingerprint density at radius 1 is 1.15 bits per heavy atom. The van der Waals surface area contributed by atoms with Crippen LogP contribution in [0.2, 0.25) is 0 Å². The summed E-state index contributed by atoms with van der Waals surface area (Å²) in [5.74, 6) is 0.803. The number of hydrogen-bond acceptors (Lipinski definition) is 4. The summed E-state index contributed by atoms with van der Waals surface area (Å²) in [6, 6.07) is 0.548. The summed E-state index contributed by atoms with van der Waals surface area (Å²) in [6.45, 7) is 12.9. The fourth-order valence-electron chi connectivity index (χ4n) is 2.20. The maximum atomic E-state index is 5.51. The smallest absolute Gasteiger partial charge is 0.154 e. The summed E-state index contributed by atoms with van der Waals surface area (Å²) >= 11 is 0. The summed E-state index contributed by atoms with van der Waals surface area (Å²) in [6.07, 6.45) is 3.18. The topological polar surface area (TPSA) is 47.0 Å². The molecule has 20 heavy (non-hydrogen) atoms. The monoisotopic (exact) mass is 279 g/mol. The SMILES string of the molecule is CCCOCc1nc(C)c(CCCNC(C)C)c(C)n1. The van der Waals surface area contributed by atoms with Gasteiger partial charge in [0.25, 0.3) is 0 Å². The molecule has 0 saturated carbocycles. The van der Waals surface area contributed by atoms with Crippen LogP contribution in [0.5, 0.6) is 0 Å². The average molecular weight is 279 g/mol. The van der Waals surface area contributed by atoms with Crippen LogP contribution < -0.4 is 5.32 Å². The third-order valence-corrected chi connectivity index (χ3v) is 3.20. The molecular weight excluding hydrogens is 250 g/mol. The Bertz CT molecular complexity index is 382. The molecule has 0 unspecified atom stereocenters. The molecule has 0 fully saturated rings. The number of aromatic nitrogens is 2. The van der Waals surface area contributed by atoms with Gasteiger partial charge < -0.3 is 10.1 Å². The van der Waals surface area contributed by atoms with E-state index in [1.807, 2.05) is 0 Å². The van der Waals surface area contributed by atoms with E-state index in [1.165, 1.54) is 5.56 Å². The minimum absolute atomic E-state index is 0.519. The van der Waals surface area contributed by atoms with Crippen LogP contribution in [0, 0.1) is 13.8 Å². The summed E-state index contributed by atoms with van der Waals surface area (Å²) in [4.78, 5) is 9.13. The van der Waals surface area contributed by atoms with Crippen molar-refractivity contribution in [3.8, 4) is 0 Å². The van der Waals surface area contributed by atoms with Crippen LogP contribution in [0.15, 0.2) is 0 Å². The molecule has 0 aliphatic heterocycles. The van der Waals surface area contributed by atoms with Crippen LogP contribution in [-0.2, 0) is 17.8 Å². The molecule has 0 saturated heterocycles. The van der Waals surface area contributed by atoms with Crippen LogP contribution >= 0.6 is 0 Å². The molecule has 4 nitrogen and oxygen atoms in total. The number of aryl methyl sites for hydroxylation is 2. The predicted molar refractivity (Wildman–Crippen MR) is 82.9 cm³/mol. The zero-order valence-electron chi connectivity index (χ0n) is 13.6. The second-order valence-corrected chi connectivity index (χ2v) is 5.55. The molecule has 0 aliphatic carbocycles. The van der Waals surface area contributed by atoms with E-state index in [-0.39, 0.29) is 0 Å². The first kappa shape index (κ1) is 17.1. The zero-order valence-corrected chi connectivity index (χ0v) is 13.6. The van der Waals surface area contributed by atoms with Crippen molar-refractivity contribution in [2.24, 2.45) is 0 Å². The summed E-state index contributed by atoms with van der Waals surface area (Å²) in [7, 11) is 0. The molecule has 0 amide bonds. The quantitative estimate of drug-likeness (QED) is 0.706. The van der Waals surface area contributed by atoms with Crippen molar-refractivity contribution in [1.29, 1.82) is 0 Å². The molecule has 1 heterocycles. The molecular formula is C16H29N3O. The lowest BCUT2D eigenvalue weighted by Crippen LogP contribution is -2.24. The summed E-state index contributed by atoms with van der Waals surface area (Å²) in [5, 5.41) is 3.44. The van der Waals surface area contributed by atoms with Crippen molar-refractivity contribution < 1.29 is 4.74 Å². The highest BCUT2D eigenvalue weighted by Gasteiger charge is 2.08. The molecule has 0 aliphatic rings. The molecule has 1 N–H and O–H groups in total. The number of ether oxygens (including phenoxy) is 1. The van der Waals surface area contributed by atoms with E-state index in [4.69, 9.17) is 4.74 Å². The van der Waals surface area contributed by atoms with Gasteiger partial charge in [-0.25, -0.2) is 9.97 Å². The fourth-order valence-corrected chi connectivity index (χ4v) is 2.20. The first-order valence-corrected chi connectivity index (χ1v) is 7.68. The number of rotatable bonds is 9. The van der Waals surface area contributed by atoms with Crippen molar-refractivity contribution in [2.75, 3.05) is 13.2 Å². The Kier molecular flexibility index (Phi) is 7.70. The van der Waals surface area contributed by atoms with E-state index in [0.29, 0.717) is 12.6 Å². The van der Waals surface area contributed by atoms with Crippen LogP contribution in [0.4, 0.5) is 0 Å². The lowest BCUT2D eigenvalue weighted by molar-refractivity contribution is 0.116. The van der Waals surface area contributed by atoms with Gasteiger partial charge in [0.2, 0.25) is 0 Å². The van der Waals surface area contributed by atoms with Crippen LogP contribution in [0.25, 0.3) is 0 Å². The second-order valence-electron chi connectivity index (χ2n) is 5.55. The fraction of sp³-hybridized carbons (Fsp3) is 0.750. The minimum Gasteiger partial charge on any atom is -0.373 e. The third-order valence-electron chi connectivity index (χ3n) is 3.20. The van der Waals surface area contributed by atoms with Gasteiger partial charge in [-0.2, -0.15) is 0 Å². The van der Waals surface area contributed by atoms with Gasteiger partial charge in [0.05, 0.1) is 0 Å². The van der Waals surface area contributed by atoms with E-state index < -0.39 is 0 Å². The zero-order chi connectivity index (χ0) is 15.0. The number of nitrogens with zero attached hydrogens (tertiary/aromatic N) is 2. The van der Waals surface area contributed by atoms with Gasteiger partial charge in [-0.05, 0) is 45.2 Å². The molecule has 4 heteroatoms. The van der Waals surface area contributed by atoms with Crippen molar-refractivity contribution in [3.63, 3.8) is 0 Å². The summed E-state index contributed by atoms with van der Waals surface area (Å²) in [5.41, 5.74) is 3.48. The van der Waals surface area contributed by atoms with E-state index >= 15 is 0 Å². The Labute approximate surface area is 123 Å². The lowest BCUT2D eigenvalue weighted by atomic mass is 10.1. The van der Waals surface area contributed by atoms with Gasteiger partial charge >= 0.3 is 0 Å². The van der Waals surface area contributed by atoms with Gasteiger partial charge in [0.15, 0.2) is 5.82 Å². The van der Waals surface area contributed by atoms with Gasteiger partial charge in [0, 0.05) is 24.0 Å². The van der Waals surface area contributed by atoms with E-state index in [2.05, 4.69) is 49.9 Å². The number of hydrogen-bond donors (Lipinski definition) is 1. The largest absolute Gasteiger partial charge is 0.373 e. The van der Waals surface area contributed by atoms with Crippen LogP contribution in [0.3, 0.4) is 0 Å². The summed E-state index contributed by atoms with van der Waals surface area (Å²) < 4.78 is 5.51. The second kappa shape index (κ2) is 9.03. The van der Waals surface area contributed by atoms with Crippen molar-refractivity contribution in [2.45, 2.75) is 66.5 Å². The Morgan fingerprint density at radius 2 is 1.80 bits per heavy atom. The molecule has 0 spiro atoms. The molecule has 114 valence electrons. The standard InChI is InChI=1S/C16H29N3O/c1-6-10-20-11-16-18-13(4)15(14(5)19-16)8-7-9-17-12(2)3/h12,17H,6-11H2,1-5H3. The normalized spacial score (nSPS) is 11.3. The molecule has 0 radical (unpaired) electrons. The Hall–Kier alpha value is -1.00. The highest BCUT2D eigenvalue weighted by Crippen LogP contribution is 2.13. The van der Waals surface area contributed by atoms with Gasteiger partial charge in [0.1, 0.15) is 6.61 Å². The number of nitrogens with one attached hydrogen (secondary N) is 1. The Morgan fingerprint density at radius 3 is 2.35 bits per heavy atom. The first-order chi connectivity index (χ1) is 9.54. The molecule has 0 aromatic carbocycles. The van der Waals surface area contributed by atoms with Crippen molar-refractivity contribution in [1.82, 2.24) is 15.3 Å². The van der Waals surface area contributed by atoms with Crippen LogP contribution in [0.1, 0.15) is 56.4 Å². The van der Waals surface area contributed by atoms with E-state index in [9.17, 15) is 0 Å². The van der Waals surface area contributed by atoms with Crippen LogP contribution in [-0.4, -0.2) is 29.2 Å². The lowest BCUT2D eigenvalue weighted by Gasteiger charge is -2.12. The maximum Gasteiger partial charge on any atom is 0.154 e. The van der Waals surface area contributed by atoms with Gasteiger partial charge in [-0.15, -0.1) is 0 Å². The maximum absolute atomic E-state index is 5.51. The molecule has 1 aromatic rings. The average Bonchev–Trinajstić information content (AvgIpc) is 2.37. The molecule has 0 atom stereocenters. The highest BCUT2D eigenvalue weighted by molar-refractivity contribution is 5.24. The van der Waals surface area contributed by atoms with Gasteiger partial charge in [-0.1, -0.05) is 20.8 Å². The molecule has 1 rings (SSSR count). The van der Waals surface area contributed by atoms with Crippen molar-refractivity contribution in [3.05, 3.63) is 22.8 Å². The van der Waals surface area contributed by atoms with Gasteiger partial charge in [-0.3, -0.25) is 0 Å². The first-order valence-electron chi connectivity index (χ1n) is 7.68. The molecule has 1 aromatic heterocycles. The van der Waals surface area contributed by atoms with E-state index in [1.54, 1.807) is 0 Å². The van der Waals surface area contributed by atoms with E-state index in [0.717, 1.165) is 49.6 Å². The molecule has 0 bridgehead atoms. The minimum atomic E-state index is 0.519. The highest BCUT2D eigenvalue weighted by atomic mass is 16.5. The van der Waals surface area contributed by atoms with Crippen molar-refractivity contribution >= 4 is 0 Å². The Balaban J connectivity index is 2.55. The predicted octanol–water partition coefficient (Wildman–Crippen LogP) is 2.95. The third kappa shape index (κ3) is 5.97.